The van der Waals surface area contributed by atoms with E-state index in [1.54, 1.807) is 12.3 Å². The number of phenolic OH excluding ortho intramolecular Hbond substituents is 1. The maximum Gasteiger partial charge on any atom is 0.320 e. The predicted molar refractivity (Wildman–Crippen MR) is 59.4 cm³/mol. The number of nitro benzene ring substituents is 1. The Hall–Kier alpha value is -2.08. The Balaban J connectivity index is 2.77. The molecular formula is C10H11N3O3. The first-order valence-electron chi connectivity index (χ1n) is 4.81. The lowest BCUT2D eigenvalue weighted by molar-refractivity contribution is -0.384. The molecule has 0 saturated carbocycles. The Labute approximate surface area is 90.8 Å². The number of nitro groups is 1. The molecule has 16 heavy (non-hydrogen) atoms. The van der Waals surface area contributed by atoms with Crippen molar-refractivity contribution >= 4 is 16.6 Å². The molecule has 4 N–H and O–H groups in total. The number of hydrogen-bond donors (Lipinski definition) is 3. The summed E-state index contributed by atoms with van der Waals surface area (Å²) in [5, 5.41) is 20.8. The van der Waals surface area contributed by atoms with Gasteiger partial charge in [-0.2, -0.15) is 0 Å². The number of nitrogens with two attached hydrogens (primary N) is 1. The maximum atomic E-state index is 10.9. The molecule has 6 heteroatoms. The second-order valence-electron chi connectivity index (χ2n) is 3.47. The van der Waals surface area contributed by atoms with E-state index in [2.05, 4.69) is 4.98 Å². The summed E-state index contributed by atoms with van der Waals surface area (Å²) in [6, 6.07) is 2.92. The number of benzene rings is 1. The number of nitrogens with zero attached hydrogens (tertiary/aromatic N) is 1. The minimum atomic E-state index is -0.578. The molecule has 0 saturated heterocycles. The molecule has 0 aliphatic rings. The molecule has 0 bridgehead atoms. The van der Waals surface area contributed by atoms with Crippen LogP contribution >= 0.6 is 0 Å². The van der Waals surface area contributed by atoms with E-state index in [4.69, 9.17) is 5.73 Å². The van der Waals surface area contributed by atoms with Crippen molar-refractivity contribution in [2.24, 2.45) is 5.73 Å². The standard InChI is InChI=1S/C10H11N3O3/c11-4-3-6-5-12-7-1-2-8(14)10(9(6)7)13(15)16/h1-2,5,12,14H,3-4,11H2. The molecule has 1 aromatic carbocycles. The van der Waals surface area contributed by atoms with Crippen molar-refractivity contribution in [1.82, 2.24) is 4.98 Å². The van der Waals surface area contributed by atoms with Crippen molar-refractivity contribution in [1.29, 1.82) is 0 Å². The van der Waals surface area contributed by atoms with Gasteiger partial charge in [0.05, 0.1) is 15.8 Å². The first-order valence-corrected chi connectivity index (χ1v) is 4.81. The molecule has 0 fully saturated rings. The van der Waals surface area contributed by atoms with Gasteiger partial charge in [0.15, 0.2) is 5.75 Å². The molecular weight excluding hydrogens is 210 g/mol. The molecule has 0 radical (unpaired) electrons. The van der Waals surface area contributed by atoms with E-state index in [1.807, 2.05) is 0 Å². The molecule has 1 heterocycles. The van der Waals surface area contributed by atoms with Crippen molar-refractivity contribution in [3.63, 3.8) is 0 Å². The Morgan fingerprint density at radius 1 is 1.50 bits per heavy atom. The summed E-state index contributed by atoms with van der Waals surface area (Å²) in [4.78, 5) is 13.2. The van der Waals surface area contributed by atoms with Crippen LogP contribution in [-0.4, -0.2) is 21.6 Å². The zero-order valence-corrected chi connectivity index (χ0v) is 8.43. The van der Waals surface area contributed by atoms with Gasteiger partial charge in [-0.05, 0) is 30.7 Å². The third-order valence-corrected chi connectivity index (χ3v) is 2.48. The van der Waals surface area contributed by atoms with Crippen molar-refractivity contribution in [3.05, 3.63) is 34.0 Å². The number of nitrogens with one attached hydrogen (secondary N) is 1. The van der Waals surface area contributed by atoms with E-state index in [9.17, 15) is 15.2 Å². The lowest BCUT2D eigenvalue weighted by Gasteiger charge is -2.00. The number of aromatic nitrogens is 1. The van der Waals surface area contributed by atoms with E-state index >= 15 is 0 Å². The SMILES string of the molecule is NCCc1c[nH]c2ccc(O)c([N+](=O)[O-])c12. The fourth-order valence-corrected chi connectivity index (χ4v) is 1.80. The van der Waals surface area contributed by atoms with Gasteiger partial charge in [-0.15, -0.1) is 0 Å². The second kappa shape index (κ2) is 3.82. The minimum absolute atomic E-state index is 0.262. The molecule has 84 valence electrons. The van der Waals surface area contributed by atoms with Crippen LogP contribution < -0.4 is 5.73 Å². The molecule has 0 aliphatic carbocycles. The summed E-state index contributed by atoms with van der Waals surface area (Å²) in [6.45, 7) is 0.403. The smallest absolute Gasteiger partial charge is 0.320 e. The van der Waals surface area contributed by atoms with Gasteiger partial charge in [0.1, 0.15) is 0 Å². The van der Waals surface area contributed by atoms with Crippen molar-refractivity contribution in [2.75, 3.05) is 6.54 Å². The minimum Gasteiger partial charge on any atom is -0.502 e. The summed E-state index contributed by atoms with van der Waals surface area (Å²) >= 11 is 0. The summed E-state index contributed by atoms with van der Waals surface area (Å²) in [5.74, 6) is -0.324. The van der Waals surface area contributed by atoms with Crippen molar-refractivity contribution < 1.29 is 10.0 Å². The lowest BCUT2D eigenvalue weighted by atomic mass is 10.1. The van der Waals surface area contributed by atoms with Gasteiger partial charge < -0.3 is 15.8 Å². The molecule has 2 aromatic rings. The third kappa shape index (κ3) is 1.49. The van der Waals surface area contributed by atoms with Crippen molar-refractivity contribution in [3.8, 4) is 5.75 Å². The van der Waals surface area contributed by atoms with Gasteiger partial charge >= 0.3 is 5.69 Å². The number of phenols is 1. The van der Waals surface area contributed by atoms with Gasteiger partial charge in [-0.1, -0.05) is 0 Å². The highest BCUT2D eigenvalue weighted by atomic mass is 16.6. The Kier molecular flexibility index (Phi) is 2.49. The molecule has 1 aromatic heterocycles. The number of hydrogen-bond acceptors (Lipinski definition) is 4. The van der Waals surface area contributed by atoms with E-state index in [-0.39, 0.29) is 11.4 Å². The first kappa shape index (κ1) is 10.4. The zero-order valence-electron chi connectivity index (χ0n) is 8.43. The van der Waals surface area contributed by atoms with Crippen LogP contribution in [0.25, 0.3) is 10.9 Å². The highest BCUT2D eigenvalue weighted by Gasteiger charge is 2.21. The quantitative estimate of drug-likeness (QED) is 0.536. The molecule has 6 nitrogen and oxygen atoms in total. The molecule has 0 atom stereocenters. The van der Waals surface area contributed by atoms with Crippen LogP contribution in [0.4, 0.5) is 5.69 Å². The first-order chi connectivity index (χ1) is 7.65. The van der Waals surface area contributed by atoms with Crippen LogP contribution in [0.2, 0.25) is 0 Å². The van der Waals surface area contributed by atoms with Crippen LogP contribution in [0, 0.1) is 10.1 Å². The van der Waals surface area contributed by atoms with Gasteiger partial charge in [0.25, 0.3) is 0 Å². The third-order valence-electron chi connectivity index (χ3n) is 2.48. The average molecular weight is 221 g/mol. The summed E-state index contributed by atoms with van der Waals surface area (Å²) < 4.78 is 0. The van der Waals surface area contributed by atoms with E-state index < -0.39 is 4.92 Å². The van der Waals surface area contributed by atoms with Crippen LogP contribution in [0.1, 0.15) is 5.56 Å². The van der Waals surface area contributed by atoms with Crippen LogP contribution in [0.5, 0.6) is 5.75 Å². The highest BCUT2D eigenvalue weighted by molar-refractivity contribution is 5.94. The molecule has 0 unspecified atom stereocenters. The van der Waals surface area contributed by atoms with E-state index in [0.717, 1.165) is 5.56 Å². The Morgan fingerprint density at radius 3 is 2.88 bits per heavy atom. The number of fused-ring (bicyclic) bond motifs is 1. The molecule has 0 amide bonds. The zero-order chi connectivity index (χ0) is 11.7. The largest absolute Gasteiger partial charge is 0.502 e. The highest BCUT2D eigenvalue weighted by Crippen LogP contribution is 2.36. The fraction of sp³-hybridized carbons (Fsp3) is 0.200. The normalized spacial score (nSPS) is 10.8. The molecule has 0 aliphatic heterocycles. The van der Waals surface area contributed by atoms with E-state index in [0.29, 0.717) is 23.9 Å². The molecule has 2 rings (SSSR count). The van der Waals surface area contributed by atoms with Gasteiger partial charge in [-0.25, -0.2) is 0 Å². The van der Waals surface area contributed by atoms with Gasteiger partial charge in [0.2, 0.25) is 0 Å². The van der Waals surface area contributed by atoms with E-state index in [1.165, 1.54) is 6.07 Å². The van der Waals surface area contributed by atoms with Gasteiger partial charge in [0, 0.05) is 6.20 Å². The number of rotatable bonds is 3. The van der Waals surface area contributed by atoms with Crippen LogP contribution in [-0.2, 0) is 6.42 Å². The maximum absolute atomic E-state index is 10.9. The Morgan fingerprint density at radius 2 is 2.25 bits per heavy atom. The van der Waals surface area contributed by atoms with Crippen LogP contribution in [0.15, 0.2) is 18.3 Å². The topological polar surface area (TPSA) is 105 Å². The monoisotopic (exact) mass is 221 g/mol. The van der Waals surface area contributed by atoms with Crippen molar-refractivity contribution in [2.45, 2.75) is 6.42 Å². The predicted octanol–water partition coefficient (Wildman–Crippen LogP) is 1.28. The number of aromatic hydroxyl groups is 1. The van der Waals surface area contributed by atoms with Gasteiger partial charge in [-0.3, -0.25) is 10.1 Å². The number of H-pyrrole nitrogens is 1. The fourth-order valence-electron chi connectivity index (χ4n) is 1.80. The molecule has 0 spiro atoms. The lowest BCUT2D eigenvalue weighted by Crippen LogP contribution is -2.02. The average Bonchev–Trinajstić information content (AvgIpc) is 2.61. The summed E-state index contributed by atoms with van der Waals surface area (Å²) in [6.07, 6.45) is 2.22. The van der Waals surface area contributed by atoms with Crippen LogP contribution in [0.3, 0.4) is 0 Å². The summed E-state index contributed by atoms with van der Waals surface area (Å²) in [7, 11) is 0. The number of aromatic amines is 1. The summed E-state index contributed by atoms with van der Waals surface area (Å²) in [5.41, 5.74) is 6.55. The Bertz CT molecular complexity index is 547. The second-order valence-corrected chi connectivity index (χ2v) is 3.47.